The van der Waals surface area contributed by atoms with Gasteiger partial charge < -0.3 is 10.2 Å². The van der Waals surface area contributed by atoms with Crippen LogP contribution in [0.25, 0.3) is 0 Å². The van der Waals surface area contributed by atoms with E-state index in [1.165, 1.54) is 0 Å². The summed E-state index contributed by atoms with van der Waals surface area (Å²) >= 11 is 0. The molecule has 2 aromatic carbocycles. The van der Waals surface area contributed by atoms with Crippen LogP contribution in [0.4, 0.5) is 5.69 Å². The Bertz CT molecular complexity index is 955. The molecule has 2 saturated heterocycles. The third-order valence-electron chi connectivity index (χ3n) is 5.94. The lowest BCUT2D eigenvalue weighted by Crippen LogP contribution is -2.31. The standard InChI is InChI=1S/C23H29N3O3S/c27-23(25-17-14-21(18-25)24-20-6-2-1-3-7-20)13-10-19-8-11-22(12-9-19)30(28,29)26-15-4-5-16-26/h1-3,6-9,11-12,21,24H,4-5,10,13-18H2. The summed E-state index contributed by atoms with van der Waals surface area (Å²) < 4.78 is 26.8. The molecule has 2 heterocycles. The number of anilines is 1. The van der Waals surface area contributed by atoms with E-state index in [-0.39, 0.29) is 11.9 Å². The predicted molar refractivity (Wildman–Crippen MR) is 118 cm³/mol. The molecule has 7 heteroatoms. The van der Waals surface area contributed by atoms with Gasteiger partial charge in [0.2, 0.25) is 15.9 Å². The van der Waals surface area contributed by atoms with Gasteiger partial charge in [-0.05, 0) is 55.5 Å². The van der Waals surface area contributed by atoms with Crippen LogP contribution < -0.4 is 5.32 Å². The van der Waals surface area contributed by atoms with Crippen molar-refractivity contribution in [1.29, 1.82) is 0 Å². The molecule has 2 aromatic rings. The number of para-hydroxylation sites is 1. The van der Waals surface area contributed by atoms with Crippen molar-refractivity contribution >= 4 is 21.6 Å². The first-order valence-electron chi connectivity index (χ1n) is 10.7. The lowest BCUT2D eigenvalue weighted by molar-refractivity contribution is -0.130. The van der Waals surface area contributed by atoms with Crippen LogP contribution in [0.1, 0.15) is 31.2 Å². The Morgan fingerprint density at radius 3 is 2.37 bits per heavy atom. The Labute approximate surface area is 178 Å². The summed E-state index contributed by atoms with van der Waals surface area (Å²) in [6.07, 6.45) is 3.87. The summed E-state index contributed by atoms with van der Waals surface area (Å²) in [7, 11) is -3.38. The maximum Gasteiger partial charge on any atom is 0.243 e. The third-order valence-corrected chi connectivity index (χ3v) is 7.85. The molecular weight excluding hydrogens is 398 g/mol. The van der Waals surface area contributed by atoms with Gasteiger partial charge in [-0.1, -0.05) is 30.3 Å². The van der Waals surface area contributed by atoms with Gasteiger partial charge >= 0.3 is 0 Å². The van der Waals surface area contributed by atoms with Gasteiger partial charge in [-0.25, -0.2) is 8.42 Å². The molecule has 1 atom stereocenters. The number of sulfonamides is 1. The molecular formula is C23H29N3O3S. The van der Waals surface area contributed by atoms with E-state index in [2.05, 4.69) is 5.32 Å². The van der Waals surface area contributed by atoms with E-state index in [4.69, 9.17) is 0 Å². The molecule has 0 saturated carbocycles. The maximum absolute atomic E-state index is 12.6. The number of rotatable bonds is 7. The molecule has 0 bridgehead atoms. The highest BCUT2D eigenvalue weighted by Crippen LogP contribution is 2.22. The van der Waals surface area contributed by atoms with Crippen molar-refractivity contribution in [2.45, 2.75) is 43.0 Å². The maximum atomic E-state index is 12.6. The second kappa shape index (κ2) is 9.18. The zero-order chi connectivity index (χ0) is 21.0. The summed E-state index contributed by atoms with van der Waals surface area (Å²) in [5.74, 6) is 0.154. The fourth-order valence-electron chi connectivity index (χ4n) is 4.19. The van der Waals surface area contributed by atoms with Crippen LogP contribution in [0, 0.1) is 0 Å². The Morgan fingerprint density at radius 1 is 0.967 bits per heavy atom. The first kappa shape index (κ1) is 20.9. The molecule has 1 unspecified atom stereocenters. The van der Waals surface area contributed by atoms with E-state index in [9.17, 15) is 13.2 Å². The van der Waals surface area contributed by atoms with Gasteiger partial charge in [0.25, 0.3) is 0 Å². The van der Waals surface area contributed by atoms with Crippen LogP contribution in [0.2, 0.25) is 0 Å². The van der Waals surface area contributed by atoms with Gasteiger partial charge in [0, 0.05) is 44.3 Å². The van der Waals surface area contributed by atoms with Gasteiger partial charge in [-0.2, -0.15) is 4.31 Å². The van der Waals surface area contributed by atoms with Crippen molar-refractivity contribution in [2.75, 3.05) is 31.5 Å². The topological polar surface area (TPSA) is 69.7 Å². The van der Waals surface area contributed by atoms with Gasteiger partial charge in [0.15, 0.2) is 0 Å². The fraction of sp³-hybridized carbons (Fsp3) is 0.435. The molecule has 30 heavy (non-hydrogen) atoms. The second-order valence-electron chi connectivity index (χ2n) is 8.09. The lowest BCUT2D eigenvalue weighted by atomic mass is 10.1. The summed E-state index contributed by atoms with van der Waals surface area (Å²) in [4.78, 5) is 14.9. The summed E-state index contributed by atoms with van der Waals surface area (Å²) in [6.45, 7) is 2.71. The number of carbonyl (C=O) groups is 1. The summed E-state index contributed by atoms with van der Waals surface area (Å²) in [6, 6.07) is 17.4. The van der Waals surface area contributed by atoms with Crippen molar-refractivity contribution in [1.82, 2.24) is 9.21 Å². The zero-order valence-electron chi connectivity index (χ0n) is 17.2. The number of carbonyl (C=O) groups excluding carboxylic acids is 1. The molecule has 0 radical (unpaired) electrons. The first-order chi connectivity index (χ1) is 14.5. The number of aryl methyl sites for hydroxylation is 1. The largest absolute Gasteiger partial charge is 0.380 e. The number of nitrogens with one attached hydrogen (secondary N) is 1. The summed E-state index contributed by atoms with van der Waals surface area (Å²) in [5.41, 5.74) is 2.07. The van der Waals surface area contributed by atoms with Crippen LogP contribution in [0.5, 0.6) is 0 Å². The van der Waals surface area contributed by atoms with E-state index >= 15 is 0 Å². The SMILES string of the molecule is O=C(CCc1ccc(S(=O)(=O)N2CCCC2)cc1)N1CCC(Nc2ccccc2)C1. The Kier molecular flexibility index (Phi) is 6.39. The highest BCUT2D eigenvalue weighted by Gasteiger charge is 2.27. The Hall–Kier alpha value is -2.38. The molecule has 1 N–H and O–H groups in total. The van der Waals surface area contributed by atoms with Gasteiger partial charge in [0.05, 0.1) is 4.90 Å². The molecule has 2 aliphatic heterocycles. The summed E-state index contributed by atoms with van der Waals surface area (Å²) in [5, 5.41) is 3.49. The minimum Gasteiger partial charge on any atom is -0.380 e. The van der Waals surface area contributed by atoms with Crippen LogP contribution in [0.15, 0.2) is 59.5 Å². The molecule has 160 valence electrons. The minimum absolute atomic E-state index is 0.154. The van der Waals surface area contributed by atoms with E-state index in [0.717, 1.165) is 43.6 Å². The number of hydrogen-bond donors (Lipinski definition) is 1. The number of nitrogens with zero attached hydrogens (tertiary/aromatic N) is 2. The normalized spacial score (nSPS) is 19.9. The Balaban J connectivity index is 1.27. The Morgan fingerprint density at radius 2 is 1.67 bits per heavy atom. The van der Waals surface area contributed by atoms with Gasteiger partial charge in [-0.15, -0.1) is 0 Å². The quantitative estimate of drug-likeness (QED) is 0.737. The average Bonchev–Trinajstić information content (AvgIpc) is 3.46. The molecule has 2 aliphatic rings. The van der Waals surface area contributed by atoms with Crippen LogP contribution in [-0.2, 0) is 21.2 Å². The molecule has 0 aromatic heterocycles. The number of amides is 1. The van der Waals surface area contributed by atoms with Crippen molar-refractivity contribution in [3.05, 3.63) is 60.2 Å². The molecule has 0 spiro atoms. The smallest absolute Gasteiger partial charge is 0.243 e. The molecule has 0 aliphatic carbocycles. The van der Waals surface area contributed by atoms with Gasteiger partial charge in [-0.3, -0.25) is 4.79 Å². The molecule has 1 amide bonds. The second-order valence-corrected chi connectivity index (χ2v) is 10.0. The number of likely N-dealkylation sites (tertiary alicyclic amines) is 1. The van der Waals surface area contributed by atoms with E-state index in [1.54, 1.807) is 16.4 Å². The monoisotopic (exact) mass is 427 g/mol. The highest BCUT2D eigenvalue weighted by atomic mass is 32.2. The highest BCUT2D eigenvalue weighted by molar-refractivity contribution is 7.89. The van der Waals surface area contributed by atoms with Crippen molar-refractivity contribution in [3.63, 3.8) is 0 Å². The zero-order valence-corrected chi connectivity index (χ0v) is 18.0. The van der Waals surface area contributed by atoms with Crippen molar-refractivity contribution in [2.24, 2.45) is 0 Å². The molecule has 6 nitrogen and oxygen atoms in total. The molecule has 2 fully saturated rings. The van der Waals surface area contributed by atoms with Crippen LogP contribution in [0.3, 0.4) is 0 Å². The van der Waals surface area contributed by atoms with Crippen molar-refractivity contribution in [3.8, 4) is 0 Å². The average molecular weight is 428 g/mol. The van der Waals surface area contributed by atoms with Crippen LogP contribution in [-0.4, -0.2) is 55.8 Å². The van der Waals surface area contributed by atoms with Gasteiger partial charge in [0.1, 0.15) is 0 Å². The third kappa shape index (κ3) is 4.84. The van der Waals surface area contributed by atoms with Crippen molar-refractivity contribution < 1.29 is 13.2 Å². The minimum atomic E-state index is -3.38. The molecule has 4 rings (SSSR count). The number of hydrogen-bond acceptors (Lipinski definition) is 4. The lowest BCUT2D eigenvalue weighted by Gasteiger charge is -2.18. The predicted octanol–water partition coefficient (Wildman–Crippen LogP) is 3.12. The fourth-order valence-corrected chi connectivity index (χ4v) is 5.71. The van der Waals surface area contributed by atoms with Crippen LogP contribution >= 0.6 is 0 Å². The van der Waals surface area contributed by atoms with E-state index in [0.29, 0.717) is 30.8 Å². The van der Waals surface area contributed by atoms with E-state index < -0.39 is 10.0 Å². The van der Waals surface area contributed by atoms with E-state index in [1.807, 2.05) is 47.4 Å². The number of benzene rings is 2. The first-order valence-corrected chi connectivity index (χ1v) is 12.1.